The summed E-state index contributed by atoms with van der Waals surface area (Å²) in [7, 11) is 0. The summed E-state index contributed by atoms with van der Waals surface area (Å²) in [4.78, 5) is 32.9. The van der Waals surface area contributed by atoms with E-state index in [4.69, 9.17) is 0 Å². The fourth-order valence-electron chi connectivity index (χ4n) is 4.42. The van der Waals surface area contributed by atoms with Gasteiger partial charge < -0.3 is 14.6 Å². The summed E-state index contributed by atoms with van der Waals surface area (Å²) in [5, 5.41) is 2.63. The summed E-state index contributed by atoms with van der Waals surface area (Å²) in [5.41, 5.74) is 0.0651. The highest BCUT2D eigenvalue weighted by atomic mass is 19.4. The van der Waals surface area contributed by atoms with Crippen molar-refractivity contribution in [2.24, 2.45) is 0 Å². The molecule has 12 heteroatoms. The van der Waals surface area contributed by atoms with E-state index < -0.39 is 35.6 Å². The Morgan fingerprint density at radius 1 is 1.10 bits per heavy atom. The molecule has 0 saturated heterocycles. The Hall–Kier alpha value is -3.96. The molecule has 0 radical (unpaired) electrons. The highest BCUT2D eigenvalue weighted by Crippen LogP contribution is 2.29. The average molecular weight is 551 g/mol. The smallest absolute Gasteiger partial charge is 0.405 e. The van der Waals surface area contributed by atoms with Crippen molar-refractivity contribution < 1.29 is 36.3 Å². The Bertz CT molecular complexity index is 1360. The molecule has 1 aliphatic rings. The number of para-hydroxylation sites is 1. The molecule has 1 aliphatic heterocycles. The van der Waals surface area contributed by atoms with Crippen LogP contribution < -0.4 is 15.0 Å². The van der Waals surface area contributed by atoms with Crippen LogP contribution in [0.2, 0.25) is 0 Å². The number of amides is 2. The normalized spacial score (nSPS) is 13.1. The number of halogens is 5. The molecular formula is C27H27F5N4O3. The maximum atomic E-state index is 13.9. The van der Waals surface area contributed by atoms with E-state index in [-0.39, 0.29) is 35.7 Å². The van der Waals surface area contributed by atoms with Crippen LogP contribution in [0.3, 0.4) is 0 Å². The van der Waals surface area contributed by atoms with Crippen LogP contribution in [0.5, 0.6) is 5.75 Å². The molecule has 0 bridgehead atoms. The Morgan fingerprint density at radius 3 is 2.59 bits per heavy atom. The molecule has 3 aromatic rings. The first kappa shape index (κ1) is 28.1. The van der Waals surface area contributed by atoms with E-state index in [9.17, 15) is 31.5 Å². The molecule has 208 valence electrons. The van der Waals surface area contributed by atoms with E-state index in [2.05, 4.69) is 15.0 Å². The van der Waals surface area contributed by atoms with E-state index in [0.29, 0.717) is 31.6 Å². The lowest BCUT2D eigenvalue weighted by molar-refractivity contribution is -0.274. The van der Waals surface area contributed by atoms with Gasteiger partial charge in [-0.15, -0.1) is 13.2 Å². The number of benzene rings is 2. The molecule has 0 aliphatic carbocycles. The standard InChI is InChI=1S/C27H27F5N4O3/c1-2-3-13-36(26(38)17-11-12-19(28)20(29)15-17)24-23(35-14-7-6-10-22(35)34-24)25(37)33-16-18-8-4-5-9-21(18)39-27(30,31)32/h4-5,8-9,11-12,15H,2-3,6-7,10,13-14,16H2,1H3,(H,33,37). The number of fused-ring (bicyclic) bond motifs is 1. The van der Waals surface area contributed by atoms with Crippen LogP contribution in [0.4, 0.5) is 27.8 Å². The number of aromatic nitrogens is 2. The van der Waals surface area contributed by atoms with E-state index in [1.807, 2.05) is 6.92 Å². The highest BCUT2D eigenvalue weighted by molar-refractivity contribution is 6.09. The summed E-state index contributed by atoms with van der Waals surface area (Å²) in [6.45, 7) is 2.25. The highest BCUT2D eigenvalue weighted by Gasteiger charge is 2.33. The summed E-state index contributed by atoms with van der Waals surface area (Å²) in [6, 6.07) is 8.25. The predicted molar refractivity (Wildman–Crippen MR) is 132 cm³/mol. The number of hydrogen-bond acceptors (Lipinski definition) is 4. The molecular weight excluding hydrogens is 523 g/mol. The van der Waals surface area contributed by atoms with Crippen LogP contribution in [0.25, 0.3) is 0 Å². The van der Waals surface area contributed by atoms with Crippen LogP contribution in [0.1, 0.15) is 64.8 Å². The predicted octanol–water partition coefficient (Wildman–Crippen LogP) is 5.77. The van der Waals surface area contributed by atoms with Gasteiger partial charge in [0.1, 0.15) is 11.6 Å². The number of nitrogens with zero attached hydrogens (tertiary/aromatic N) is 3. The molecule has 2 aromatic carbocycles. The van der Waals surface area contributed by atoms with Crippen molar-refractivity contribution in [1.82, 2.24) is 14.9 Å². The molecule has 2 amide bonds. The third-order valence-electron chi connectivity index (χ3n) is 6.32. The van der Waals surface area contributed by atoms with E-state index >= 15 is 0 Å². The van der Waals surface area contributed by atoms with Crippen molar-refractivity contribution in [1.29, 1.82) is 0 Å². The number of imidazole rings is 1. The van der Waals surface area contributed by atoms with Gasteiger partial charge in [0.05, 0.1) is 0 Å². The van der Waals surface area contributed by atoms with Crippen LogP contribution in [-0.2, 0) is 19.5 Å². The number of nitrogens with one attached hydrogen (secondary N) is 1. The number of carbonyl (C=O) groups is 2. The molecule has 4 rings (SSSR count). The maximum absolute atomic E-state index is 13.9. The molecule has 0 unspecified atom stereocenters. The van der Waals surface area contributed by atoms with Crippen molar-refractivity contribution >= 4 is 17.6 Å². The third kappa shape index (κ3) is 6.55. The van der Waals surface area contributed by atoms with Crippen LogP contribution >= 0.6 is 0 Å². The molecule has 7 nitrogen and oxygen atoms in total. The molecule has 2 heterocycles. The zero-order chi connectivity index (χ0) is 28.2. The lowest BCUT2D eigenvalue weighted by Gasteiger charge is -2.23. The van der Waals surface area contributed by atoms with E-state index in [1.165, 1.54) is 23.1 Å². The largest absolute Gasteiger partial charge is 0.573 e. The number of aryl methyl sites for hydroxylation is 1. The van der Waals surface area contributed by atoms with Gasteiger partial charge in [-0.2, -0.15) is 0 Å². The van der Waals surface area contributed by atoms with Gasteiger partial charge in [0.15, 0.2) is 23.1 Å². The summed E-state index contributed by atoms with van der Waals surface area (Å²) >= 11 is 0. The van der Waals surface area contributed by atoms with Gasteiger partial charge in [-0.05, 0) is 43.5 Å². The first-order valence-electron chi connectivity index (χ1n) is 12.6. The van der Waals surface area contributed by atoms with E-state index in [1.54, 1.807) is 4.57 Å². The third-order valence-corrected chi connectivity index (χ3v) is 6.32. The Balaban J connectivity index is 1.69. The van der Waals surface area contributed by atoms with Gasteiger partial charge in [0, 0.05) is 37.2 Å². The molecule has 1 N–H and O–H groups in total. The van der Waals surface area contributed by atoms with Crippen LogP contribution in [0.15, 0.2) is 42.5 Å². The quantitative estimate of drug-likeness (QED) is 0.343. The lowest BCUT2D eigenvalue weighted by atomic mass is 10.1. The van der Waals surface area contributed by atoms with Crippen LogP contribution in [-0.4, -0.2) is 34.3 Å². The second-order valence-corrected chi connectivity index (χ2v) is 9.09. The van der Waals surface area contributed by atoms with Gasteiger partial charge >= 0.3 is 6.36 Å². The van der Waals surface area contributed by atoms with Crippen LogP contribution in [0, 0.1) is 11.6 Å². The molecule has 0 saturated carbocycles. The number of alkyl halides is 3. The van der Waals surface area contributed by atoms with E-state index in [0.717, 1.165) is 37.1 Å². The number of unbranched alkanes of at least 4 members (excludes halogenated alkanes) is 1. The first-order valence-corrected chi connectivity index (χ1v) is 12.6. The monoisotopic (exact) mass is 550 g/mol. The first-order chi connectivity index (χ1) is 18.6. The number of hydrogen-bond donors (Lipinski definition) is 1. The Labute approximate surface area is 221 Å². The fourth-order valence-corrected chi connectivity index (χ4v) is 4.42. The molecule has 0 fully saturated rings. The second-order valence-electron chi connectivity index (χ2n) is 9.09. The molecule has 39 heavy (non-hydrogen) atoms. The van der Waals surface area contributed by atoms with Gasteiger partial charge in [-0.25, -0.2) is 13.8 Å². The lowest BCUT2D eigenvalue weighted by Crippen LogP contribution is -2.35. The summed E-state index contributed by atoms with van der Waals surface area (Å²) in [5.74, 6) is -3.38. The minimum Gasteiger partial charge on any atom is -0.405 e. The minimum atomic E-state index is -4.90. The SMILES string of the molecule is CCCCN(C(=O)c1ccc(F)c(F)c1)c1nc2n(c1C(=O)NCc1ccccc1OC(F)(F)F)CCCC2. The van der Waals surface area contributed by atoms with Gasteiger partial charge in [-0.3, -0.25) is 14.5 Å². The minimum absolute atomic E-state index is 0.0624. The van der Waals surface area contributed by atoms with Crippen molar-refractivity contribution in [3.05, 3.63) is 76.7 Å². The zero-order valence-corrected chi connectivity index (χ0v) is 21.2. The average Bonchev–Trinajstić information content (AvgIpc) is 3.28. The fraction of sp³-hybridized carbons (Fsp3) is 0.370. The summed E-state index contributed by atoms with van der Waals surface area (Å²) in [6.07, 6.45) is -1.52. The second kappa shape index (κ2) is 11.8. The van der Waals surface area contributed by atoms with Crippen molar-refractivity contribution in [2.45, 2.75) is 58.5 Å². The number of carbonyl (C=O) groups excluding carboxylic acids is 2. The number of ether oxygens (including phenoxy) is 1. The Morgan fingerprint density at radius 2 is 1.87 bits per heavy atom. The number of rotatable bonds is 9. The molecule has 1 aromatic heterocycles. The topological polar surface area (TPSA) is 76.5 Å². The zero-order valence-electron chi connectivity index (χ0n) is 21.2. The van der Waals surface area contributed by atoms with Crippen molar-refractivity contribution in [3.8, 4) is 5.75 Å². The van der Waals surface area contributed by atoms with Crippen molar-refractivity contribution in [2.75, 3.05) is 11.4 Å². The number of anilines is 1. The Kier molecular flexibility index (Phi) is 8.51. The van der Waals surface area contributed by atoms with Gasteiger partial charge in [-0.1, -0.05) is 31.5 Å². The summed E-state index contributed by atoms with van der Waals surface area (Å²) < 4.78 is 71.7. The molecule has 0 atom stereocenters. The van der Waals surface area contributed by atoms with Gasteiger partial charge in [0.2, 0.25) is 0 Å². The maximum Gasteiger partial charge on any atom is 0.573 e. The van der Waals surface area contributed by atoms with Crippen molar-refractivity contribution in [3.63, 3.8) is 0 Å². The molecule has 0 spiro atoms. The van der Waals surface area contributed by atoms with Gasteiger partial charge in [0.25, 0.3) is 11.8 Å².